The van der Waals surface area contributed by atoms with Gasteiger partial charge < -0.3 is 66.7 Å². The van der Waals surface area contributed by atoms with E-state index in [9.17, 15) is 40.5 Å². The number of ketones is 2. The number of aromatic amines is 1. The molecule has 3 heterocycles. The third-order valence-corrected chi connectivity index (χ3v) is 22.3. The number of hydrogen-bond acceptors (Lipinski definition) is 14. The zero-order valence-corrected chi connectivity index (χ0v) is 55.5. The number of β-amino-alcohol motifs (C(OH)–C–C–N with tert-alkyl or cyclic N) is 1. The second-order valence-electron chi connectivity index (χ2n) is 28.3. The number of hydrogen-bond donors (Lipinski definition) is 12. The van der Waals surface area contributed by atoms with Gasteiger partial charge in [0.1, 0.15) is 17.3 Å². The van der Waals surface area contributed by atoms with Crippen LogP contribution in [0.3, 0.4) is 0 Å². The van der Waals surface area contributed by atoms with Gasteiger partial charge in [-0.25, -0.2) is 0 Å². The molecule has 4 aliphatic carbocycles. The second-order valence-corrected chi connectivity index (χ2v) is 28.3. The molecule has 6 aliphatic rings. The summed E-state index contributed by atoms with van der Waals surface area (Å²) in [5.74, 6) is 12.0. The van der Waals surface area contributed by atoms with Crippen LogP contribution in [-0.2, 0) is 41.9 Å². The maximum atomic E-state index is 15.8. The number of aromatic hydroxyl groups is 3. The predicted molar refractivity (Wildman–Crippen MR) is 371 cm³/mol. The Morgan fingerprint density at radius 3 is 2.37 bits per heavy atom. The van der Waals surface area contributed by atoms with Gasteiger partial charge in [-0.2, -0.15) is 0 Å². The van der Waals surface area contributed by atoms with Crippen molar-refractivity contribution in [2.75, 3.05) is 45.7 Å². The molecule has 12 N–H and O–H groups in total. The molecule has 95 heavy (non-hydrogen) atoms. The van der Waals surface area contributed by atoms with Crippen molar-refractivity contribution in [3.05, 3.63) is 171 Å². The van der Waals surface area contributed by atoms with E-state index in [1.807, 2.05) is 61.8 Å². The summed E-state index contributed by atoms with van der Waals surface area (Å²) in [6.45, 7) is 8.09. The molecule has 0 spiro atoms. The largest absolute Gasteiger partial charge is 0.508 e. The van der Waals surface area contributed by atoms with Crippen LogP contribution < -0.4 is 26.0 Å². The van der Waals surface area contributed by atoms with E-state index in [1.165, 1.54) is 7.11 Å². The number of phenols is 3. The van der Waals surface area contributed by atoms with Crippen LogP contribution in [0.1, 0.15) is 140 Å². The van der Waals surface area contributed by atoms with Crippen LogP contribution in [0.15, 0.2) is 121 Å². The molecule has 500 valence electrons. The number of phenolic OH excluding ortho intramolecular Hbond substituents is 2. The molecule has 5 aromatic carbocycles. The van der Waals surface area contributed by atoms with Crippen molar-refractivity contribution in [2.24, 2.45) is 59.2 Å². The highest BCUT2D eigenvalue weighted by Gasteiger charge is 2.47. The van der Waals surface area contributed by atoms with Gasteiger partial charge in [-0.05, 0) is 192 Å². The fourth-order valence-corrected chi connectivity index (χ4v) is 17.4. The summed E-state index contributed by atoms with van der Waals surface area (Å²) in [6, 6.07) is 29.3. The minimum atomic E-state index is -1.93. The zero-order valence-electron chi connectivity index (χ0n) is 55.5. The zero-order chi connectivity index (χ0) is 66.6. The molecule has 12 rings (SSSR count). The summed E-state index contributed by atoms with van der Waals surface area (Å²) < 4.78 is 5.73. The molecule has 2 aliphatic heterocycles. The molecular weight excluding hydrogens is 1190 g/mol. The monoisotopic (exact) mass is 1290 g/mol. The Morgan fingerprint density at radius 2 is 1.57 bits per heavy atom. The van der Waals surface area contributed by atoms with E-state index in [0.29, 0.717) is 92.3 Å². The normalized spacial score (nSPS) is 29.7. The van der Waals surface area contributed by atoms with Crippen LogP contribution in [-0.4, -0.2) is 111 Å². The number of methoxy groups -OCH3 is 1. The average molecular weight is 1290 g/mol. The highest BCUT2D eigenvalue weighted by molar-refractivity contribution is 6.06. The fraction of sp³-hybridized carbons (Fsp3) is 0.475. The smallest absolute Gasteiger partial charge is 0.173 e. The number of benzene rings is 5. The number of aliphatic hydroxyl groups excluding tert-OH is 4. The first kappa shape index (κ1) is 67.1. The number of dihydropyridines is 1. The van der Waals surface area contributed by atoms with Gasteiger partial charge in [-0.15, -0.1) is 0 Å². The molecule has 0 amide bonds. The first-order chi connectivity index (χ1) is 46.0. The SMILES string of the molecule is CCCC1C(O)Cc2cc(c[nH]2)C(C)CNCC(O)Cc2ccc3ccc(cc3c2O)NC2=CC(=CCN2)C2C(CNC)C#CC3CC(CC(C)C3Cc3cccc(O)c3CO)c3ccccc3C3C#CC4CC2CC1CC4C(=O)C(O)C(=O)CCc1cc(OC)c(O)cc13. The van der Waals surface area contributed by atoms with Crippen LogP contribution in [0.2, 0.25) is 0 Å². The second kappa shape index (κ2) is 29.6. The molecular formula is C80H95N5O10. The number of H-pyrrole nitrogens is 1. The molecule has 15 nitrogen and oxygen atoms in total. The number of ether oxygens (including phenoxy) is 1. The number of aryl methyl sites for hydroxylation is 1. The van der Waals surface area contributed by atoms with Crippen LogP contribution in [0.5, 0.6) is 23.0 Å². The van der Waals surface area contributed by atoms with Crippen LogP contribution in [0, 0.1) is 82.9 Å². The molecule has 0 saturated heterocycles. The van der Waals surface area contributed by atoms with Crippen molar-refractivity contribution in [2.45, 2.75) is 140 Å². The molecule has 16 atom stereocenters. The van der Waals surface area contributed by atoms with E-state index >= 15 is 4.79 Å². The van der Waals surface area contributed by atoms with Crippen molar-refractivity contribution in [1.29, 1.82) is 0 Å². The Labute approximate surface area is 559 Å². The highest BCUT2D eigenvalue weighted by Crippen LogP contribution is 2.51. The fourth-order valence-electron chi connectivity index (χ4n) is 17.4. The first-order valence-electron chi connectivity index (χ1n) is 34.7. The number of aliphatic hydroxyl groups is 4. The molecule has 6 aromatic rings. The third kappa shape index (κ3) is 14.5. The van der Waals surface area contributed by atoms with Gasteiger partial charge in [0.05, 0.1) is 31.8 Å². The number of carbonyl (C=O) groups is 2. The Morgan fingerprint density at radius 1 is 0.758 bits per heavy atom. The molecule has 13 bridgehead atoms. The topological polar surface area (TPSA) is 249 Å². The van der Waals surface area contributed by atoms with Crippen LogP contribution in [0.4, 0.5) is 5.69 Å². The van der Waals surface area contributed by atoms with E-state index in [0.717, 1.165) is 63.3 Å². The van der Waals surface area contributed by atoms with Crippen molar-refractivity contribution in [3.8, 4) is 46.7 Å². The lowest BCUT2D eigenvalue weighted by atomic mass is 9.63. The molecule has 2 saturated carbocycles. The summed E-state index contributed by atoms with van der Waals surface area (Å²) in [5.41, 5.74) is 9.21. The van der Waals surface area contributed by atoms with E-state index in [2.05, 4.69) is 107 Å². The van der Waals surface area contributed by atoms with Gasteiger partial charge in [0.2, 0.25) is 0 Å². The van der Waals surface area contributed by atoms with E-state index < -0.39 is 47.6 Å². The van der Waals surface area contributed by atoms with Gasteiger partial charge in [0, 0.05) is 104 Å². The average Bonchev–Trinajstić information content (AvgIpc) is 1.36. The predicted octanol–water partition coefficient (Wildman–Crippen LogP) is 10.6. The number of carbonyl (C=O) groups excluding carboxylic acids is 2. The van der Waals surface area contributed by atoms with Gasteiger partial charge >= 0.3 is 0 Å². The number of rotatable bonds is 8. The minimum absolute atomic E-state index is 0.00490. The number of anilines is 1. The van der Waals surface area contributed by atoms with Crippen molar-refractivity contribution in [1.82, 2.24) is 20.9 Å². The summed E-state index contributed by atoms with van der Waals surface area (Å²) in [6.07, 6.45) is 8.10. The van der Waals surface area contributed by atoms with Gasteiger partial charge in [-0.1, -0.05) is 112 Å². The summed E-state index contributed by atoms with van der Waals surface area (Å²) in [5, 5.41) is 98.3. The molecule has 16 unspecified atom stereocenters. The van der Waals surface area contributed by atoms with Crippen molar-refractivity contribution in [3.63, 3.8) is 0 Å². The third-order valence-electron chi connectivity index (χ3n) is 22.3. The number of fused-ring (bicyclic) bond motifs is 15. The standard InChI is InChI=1S/C80H95N5O10/c1-6-10-63-56-30-57-29-50-20-23-65(67-39-74(91)75(95-5)35-51(67)21-24-72(89)80(94)79(93)68(50)34-56)64-13-8-7-12-62(64)55-27-45(2)66(33-48-11-9-14-71(88)70(48)44-86)49(28-55)16-18-54(41-81-4)77(57)52-25-26-83-76(36-52)85-59-22-19-47-15-17-53(78(92)69(47)37-59)32-61(87)43-82-40-46(3)58-31-60(84-42-58)38-73(63)90/h7-9,11-15,17,19,22,25,31,35-37,39,42,45-46,49-50,54-57,61,63,65-66,68,73,77,80-88,90-92,94H,6,10,21,24,26-30,32-34,38,40-41,43-44H2,1-5H3. The highest BCUT2D eigenvalue weighted by atomic mass is 16.5. The van der Waals surface area contributed by atoms with Crippen molar-refractivity contribution < 1.29 is 50.1 Å². The van der Waals surface area contributed by atoms with E-state index in [-0.39, 0.29) is 114 Å². The van der Waals surface area contributed by atoms with E-state index in [4.69, 9.17) is 4.74 Å². The lowest BCUT2D eigenvalue weighted by molar-refractivity contribution is -0.142. The summed E-state index contributed by atoms with van der Waals surface area (Å²) in [7, 11) is 3.45. The molecule has 0 radical (unpaired) electrons. The summed E-state index contributed by atoms with van der Waals surface area (Å²) in [4.78, 5) is 34.0. The van der Waals surface area contributed by atoms with Crippen LogP contribution >= 0.6 is 0 Å². The first-order valence-corrected chi connectivity index (χ1v) is 34.7. The minimum Gasteiger partial charge on any atom is -0.508 e. The number of nitrogens with one attached hydrogen (secondary N) is 5. The van der Waals surface area contributed by atoms with E-state index in [1.54, 1.807) is 18.2 Å². The Hall–Kier alpha value is -7.86. The number of aromatic nitrogens is 1. The maximum Gasteiger partial charge on any atom is 0.173 e. The Kier molecular flexibility index (Phi) is 20.9. The number of Topliss-reactive ketones (excluding diaryl/α,β-unsaturated/α-hetero) is 2. The number of allylic oxidation sites excluding steroid dienone is 2. The molecule has 2 fully saturated rings. The van der Waals surface area contributed by atoms with Gasteiger partial charge in [0.25, 0.3) is 0 Å². The Balaban J connectivity index is 1.10. The summed E-state index contributed by atoms with van der Waals surface area (Å²) >= 11 is 0. The van der Waals surface area contributed by atoms with Crippen LogP contribution in [0.25, 0.3) is 10.8 Å². The lowest BCUT2D eigenvalue weighted by Gasteiger charge is -2.40. The molecule has 1 aromatic heterocycles. The molecule has 15 heteroatoms. The Bertz CT molecular complexity index is 3980. The van der Waals surface area contributed by atoms with Gasteiger partial charge in [0.15, 0.2) is 29.2 Å². The quantitative estimate of drug-likeness (QED) is 0.0501. The van der Waals surface area contributed by atoms with Gasteiger partial charge in [-0.3, -0.25) is 9.59 Å². The maximum absolute atomic E-state index is 15.8. The van der Waals surface area contributed by atoms with Crippen molar-refractivity contribution >= 4 is 28.0 Å². The lowest BCUT2D eigenvalue weighted by Crippen LogP contribution is -2.40.